The molecule has 2 aromatic rings. The van der Waals surface area contributed by atoms with Crippen molar-refractivity contribution in [1.29, 1.82) is 0 Å². The van der Waals surface area contributed by atoms with Crippen molar-refractivity contribution in [3.63, 3.8) is 0 Å². The molecule has 1 unspecified atom stereocenters. The van der Waals surface area contributed by atoms with E-state index in [0.717, 1.165) is 36.4 Å². The lowest BCUT2D eigenvalue weighted by atomic mass is 9.95. The number of nitrogens with one attached hydrogen (secondary N) is 1. The first kappa shape index (κ1) is 15.6. The summed E-state index contributed by atoms with van der Waals surface area (Å²) >= 11 is 12.1. The fraction of sp³-hybridized carbons (Fsp3) is 0.353. The number of rotatable bonds is 4. The van der Waals surface area contributed by atoms with Gasteiger partial charge in [0.25, 0.3) is 0 Å². The number of ether oxygens (including phenoxy) is 1. The minimum absolute atomic E-state index is 0.0684. The number of hydrogen-bond acceptors (Lipinski definition) is 3. The Morgan fingerprint density at radius 2 is 2.09 bits per heavy atom. The SMILES string of the molecule is Cc1cc(Cl)ccc1O[C@H](c1cncc(Cl)c1)C1CCNC1. The minimum atomic E-state index is -0.0684. The summed E-state index contributed by atoms with van der Waals surface area (Å²) in [5, 5.41) is 4.74. The van der Waals surface area contributed by atoms with Crippen molar-refractivity contribution in [3.05, 3.63) is 57.8 Å². The summed E-state index contributed by atoms with van der Waals surface area (Å²) in [6.45, 7) is 3.95. The van der Waals surface area contributed by atoms with E-state index in [1.54, 1.807) is 6.20 Å². The van der Waals surface area contributed by atoms with Gasteiger partial charge in [-0.15, -0.1) is 0 Å². The number of pyridine rings is 1. The first-order chi connectivity index (χ1) is 10.6. The molecule has 2 heterocycles. The molecule has 0 aliphatic carbocycles. The van der Waals surface area contributed by atoms with Crippen LogP contribution >= 0.6 is 23.2 Å². The summed E-state index contributed by atoms with van der Waals surface area (Å²) < 4.78 is 6.33. The average molecular weight is 337 g/mol. The summed E-state index contributed by atoms with van der Waals surface area (Å²) in [6, 6.07) is 7.62. The van der Waals surface area contributed by atoms with Crippen LogP contribution in [0.1, 0.15) is 23.7 Å². The quantitative estimate of drug-likeness (QED) is 0.896. The highest BCUT2D eigenvalue weighted by atomic mass is 35.5. The number of benzene rings is 1. The van der Waals surface area contributed by atoms with Crippen LogP contribution in [0.3, 0.4) is 0 Å². The summed E-state index contributed by atoms with van der Waals surface area (Å²) in [6.07, 6.45) is 4.48. The lowest BCUT2D eigenvalue weighted by Gasteiger charge is -2.25. The average Bonchev–Trinajstić information content (AvgIpc) is 3.00. The highest BCUT2D eigenvalue weighted by Gasteiger charge is 2.29. The zero-order valence-corrected chi connectivity index (χ0v) is 13.9. The van der Waals surface area contributed by atoms with Crippen molar-refractivity contribution < 1.29 is 4.74 Å². The molecule has 1 N–H and O–H groups in total. The molecule has 2 atom stereocenters. The predicted octanol–water partition coefficient (Wildman–Crippen LogP) is 4.43. The molecule has 22 heavy (non-hydrogen) atoms. The molecule has 3 rings (SSSR count). The fourth-order valence-electron chi connectivity index (χ4n) is 2.84. The van der Waals surface area contributed by atoms with Gasteiger partial charge in [0.05, 0.1) is 5.02 Å². The number of aromatic nitrogens is 1. The predicted molar refractivity (Wildman–Crippen MR) is 89.8 cm³/mol. The molecule has 3 nitrogen and oxygen atoms in total. The van der Waals surface area contributed by atoms with Crippen LogP contribution in [0.4, 0.5) is 0 Å². The molecule has 0 saturated carbocycles. The Balaban J connectivity index is 1.91. The number of halogens is 2. The molecule has 1 aliphatic heterocycles. The highest BCUT2D eigenvalue weighted by molar-refractivity contribution is 6.30. The Bertz CT molecular complexity index is 657. The van der Waals surface area contributed by atoms with Crippen molar-refractivity contribution >= 4 is 23.2 Å². The summed E-state index contributed by atoms with van der Waals surface area (Å²) in [4.78, 5) is 4.20. The van der Waals surface area contributed by atoms with Gasteiger partial charge in [-0.3, -0.25) is 4.98 Å². The van der Waals surface area contributed by atoms with Crippen molar-refractivity contribution in [2.45, 2.75) is 19.4 Å². The molecule has 1 aliphatic rings. The summed E-state index contributed by atoms with van der Waals surface area (Å²) in [7, 11) is 0. The molecular weight excluding hydrogens is 319 g/mol. The van der Waals surface area contributed by atoms with E-state index in [2.05, 4.69) is 10.3 Å². The Labute approximate surface area is 140 Å². The number of hydrogen-bond donors (Lipinski definition) is 1. The largest absolute Gasteiger partial charge is 0.485 e. The van der Waals surface area contributed by atoms with E-state index >= 15 is 0 Å². The lowest BCUT2D eigenvalue weighted by Crippen LogP contribution is -2.21. The third kappa shape index (κ3) is 3.54. The minimum Gasteiger partial charge on any atom is -0.485 e. The van der Waals surface area contributed by atoms with Crippen LogP contribution in [0.15, 0.2) is 36.7 Å². The van der Waals surface area contributed by atoms with Gasteiger partial charge in [0, 0.05) is 35.4 Å². The van der Waals surface area contributed by atoms with Crippen molar-refractivity contribution in [2.24, 2.45) is 5.92 Å². The maximum atomic E-state index is 6.33. The first-order valence-corrected chi connectivity index (χ1v) is 8.13. The zero-order chi connectivity index (χ0) is 15.5. The summed E-state index contributed by atoms with van der Waals surface area (Å²) in [5.74, 6) is 1.25. The second kappa shape index (κ2) is 6.86. The second-order valence-corrected chi connectivity index (χ2v) is 6.51. The van der Waals surface area contributed by atoms with Gasteiger partial charge in [0.1, 0.15) is 11.9 Å². The standard InChI is InChI=1S/C17H18Cl2N2O/c1-11-6-14(18)2-3-16(11)22-17(12-4-5-20-8-12)13-7-15(19)10-21-9-13/h2-3,6-7,9-10,12,17,20H,4-5,8H2,1H3/t12?,17-/m0/s1. The van der Waals surface area contributed by atoms with Crippen LogP contribution in [-0.4, -0.2) is 18.1 Å². The van der Waals surface area contributed by atoms with E-state index in [4.69, 9.17) is 27.9 Å². The molecular formula is C17H18Cl2N2O. The smallest absolute Gasteiger partial charge is 0.129 e. The number of nitrogens with zero attached hydrogens (tertiary/aromatic N) is 1. The van der Waals surface area contributed by atoms with E-state index < -0.39 is 0 Å². The van der Waals surface area contributed by atoms with Crippen molar-refractivity contribution in [3.8, 4) is 5.75 Å². The molecule has 0 bridgehead atoms. The molecule has 0 spiro atoms. The molecule has 0 radical (unpaired) electrons. The topological polar surface area (TPSA) is 34.1 Å². The van der Waals surface area contributed by atoms with Gasteiger partial charge in [0.15, 0.2) is 0 Å². The Kier molecular flexibility index (Phi) is 4.87. The van der Waals surface area contributed by atoms with Crippen LogP contribution in [0, 0.1) is 12.8 Å². The van der Waals surface area contributed by atoms with Crippen molar-refractivity contribution in [2.75, 3.05) is 13.1 Å². The third-order valence-corrected chi connectivity index (χ3v) is 4.41. The molecule has 116 valence electrons. The Morgan fingerprint density at radius 1 is 1.23 bits per heavy atom. The number of aryl methyl sites for hydroxylation is 1. The van der Waals surface area contributed by atoms with E-state index in [1.807, 2.05) is 37.4 Å². The summed E-state index contributed by atoms with van der Waals surface area (Å²) in [5.41, 5.74) is 2.04. The van der Waals surface area contributed by atoms with Crippen LogP contribution in [-0.2, 0) is 0 Å². The first-order valence-electron chi connectivity index (χ1n) is 7.37. The van der Waals surface area contributed by atoms with E-state index in [-0.39, 0.29) is 6.10 Å². The van der Waals surface area contributed by atoms with Gasteiger partial charge in [-0.2, -0.15) is 0 Å². The van der Waals surface area contributed by atoms with E-state index in [1.165, 1.54) is 0 Å². The lowest BCUT2D eigenvalue weighted by molar-refractivity contribution is 0.143. The van der Waals surface area contributed by atoms with Gasteiger partial charge >= 0.3 is 0 Å². The van der Waals surface area contributed by atoms with Gasteiger partial charge in [-0.05, 0) is 49.7 Å². The second-order valence-electron chi connectivity index (χ2n) is 5.64. The Hall–Kier alpha value is -1.29. The van der Waals surface area contributed by atoms with Crippen LogP contribution in [0.5, 0.6) is 5.75 Å². The van der Waals surface area contributed by atoms with Crippen LogP contribution in [0.25, 0.3) is 0 Å². The maximum Gasteiger partial charge on any atom is 0.129 e. The molecule has 1 saturated heterocycles. The maximum absolute atomic E-state index is 6.33. The molecule has 1 aromatic carbocycles. The van der Waals surface area contributed by atoms with Gasteiger partial charge in [0.2, 0.25) is 0 Å². The Morgan fingerprint density at radius 3 is 2.77 bits per heavy atom. The zero-order valence-electron chi connectivity index (χ0n) is 12.4. The third-order valence-electron chi connectivity index (χ3n) is 3.97. The molecule has 1 fully saturated rings. The van der Waals surface area contributed by atoms with E-state index in [9.17, 15) is 0 Å². The van der Waals surface area contributed by atoms with Crippen LogP contribution in [0.2, 0.25) is 10.0 Å². The highest BCUT2D eigenvalue weighted by Crippen LogP contribution is 2.34. The fourth-order valence-corrected chi connectivity index (χ4v) is 3.25. The van der Waals surface area contributed by atoms with Gasteiger partial charge in [-0.25, -0.2) is 0 Å². The monoisotopic (exact) mass is 336 g/mol. The molecule has 0 amide bonds. The van der Waals surface area contributed by atoms with Crippen molar-refractivity contribution in [1.82, 2.24) is 10.3 Å². The van der Waals surface area contributed by atoms with E-state index in [0.29, 0.717) is 16.0 Å². The van der Waals surface area contributed by atoms with Gasteiger partial charge in [-0.1, -0.05) is 23.2 Å². The van der Waals surface area contributed by atoms with Crippen LogP contribution < -0.4 is 10.1 Å². The van der Waals surface area contributed by atoms with Gasteiger partial charge < -0.3 is 10.1 Å². The molecule has 5 heteroatoms. The normalized spacial score (nSPS) is 19.1. The molecule has 1 aromatic heterocycles.